The lowest BCUT2D eigenvalue weighted by Crippen LogP contribution is -2.56. The molecule has 4 aromatic rings. The predicted molar refractivity (Wildman–Crippen MR) is 155 cm³/mol. The quantitative estimate of drug-likeness (QED) is 0.343. The van der Waals surface area contributed by atoms with Crippen LogP contribution in [-0.2, 0) is 13.0 Å². The number of aliphatic imine (C=N–C) groups is 1. The normalized spacial score (nSPS) is 18.6. The number of piperazine rings is 1. The van der Waals surface area contributed by atoms with Gasteiger partial charge in [0, 0.05) is 47.0 Å². The Morgan fingerprint density at radius 1 is 1.13 bits per heavy atom. The third-order valence-corrected chi connectivity index (χ3v) is 8.01. The minimum absolute atomic E-state index is 0.0813. The molecular formula is C29H28Cl2N6O. The van der Waals surface area contributed by atoms with E-state index in [1.807, 2.05) is 24.3 Å². The van der Waals surface area contributed by atoms with E-state index in [2.05, 4.69) is 52.6 Å². The molecule has 7 nitrogen and oxygen atoms in total. The van der Waals surface area contributed by atoms with Gasteiger partial charge in [-0.2, -0.15) is 0 Å². The van der Waals surface area contributed by atoms with Crippen molar-refractivity contribution in [3.05, 3.63) is 98.0 Å². The van der Waals surface area contributed by atoms with E-state index in [9.17, 15) is 4.79 Å². The molecule has 9 heteroatoms. The van der Waals surface area contributed by atoms with Crippen LogP contribution < -0.4 is 16.2 Å². The number of benzene rings is 3. The average molecular weight is 547 g/mol. The van der Waals surface area contributed by atoms with Crippen molar-refractivity contribution in [2.24, 2.45) is 4.99 Å². The van der Waals surface area contributed by atoms with Crippen molar-refractivity contribution in [1.29, 1.82) is 0 Å². The van der Waals surface area contributed by atoms with E-state index in [4.69, 9.17) is 28.2 Å². The number of halogens is 2. The Labute approximate surface area is 231 Å². The molecule has 3 heterocycles. The van der Waals surface area contributed by atoms with Crippen LogP contribution in [0.1, 0.15) is 29.7 Å². The SMILES string of the molecule is Cc1cccc2c1N=C(Nc1ccc3c(=O)n(CCc4ccc(Cl)cc4Cl)cnc3c1)N1CCN[C@@H](C)C21. The van der Waals surface area contributed by atoms with Gasteiger partial charge in [0.1, 0.15) is 0 Å². The number of aromatic nitrogens is 2. The number of fused-ring (bicyclic) bond motifs is 4. The number of nitrogens with zero attached hydrogens (tertiary/aromatic N) is 4. The minimum Gasteiger partial charge on any atom is -0.332 e. The predicted octanol–water partition coefficient (Wildman–Crippen LogP) is 5.70. The summed E-state index contributed by atoms with van der Waals surface area (Å²) < 4.78 is 1.62. The molecule has 0 saturated carbocycles. The number of nitrogens with one attached hydrogen (secondary N) is 2. The Hall–Kier alpha value is -3.39. The molecule has 0 spiro atoms. The number of hydrogen-bond donors (Lipinski definition) is 2. The molecule has 3 aromatic carbocycles. The van der Waals surface area contributed by atoms with Gasteiger partial charge in [0.25, 0.3) is 5.56 Å². The molecule has 38 heavy (non-hydrogen) atoms. The molecule has 1 aromatic heterocycles. The van der Waals surface area contributed by atoms with Gasteiger partial charge in [0.05, 0.1) is 29.0 Å². The second-order valence-electron chi connectivity index (χ2n) is 9.91. The monoisotopic (exact) mass is 546 g/mol. The van der Waals surface area contributed by atoms with Crippen LogP contribution >= 0.6 is 23.2 Å². The first kappa shape index (κ1) is 24.9. The molecule has 1 saturated heterocycles. The largest absolute Gasteiger partial charge is 0.332 e. The summed E-state index contributed by atoms with van der Waals surface area (Å²) in [5.74, 6) is 0.817. The third-order valence-electron chi connectivity index (χ3n) is 7.42. The van der Waals surface area contributed by atoms with Crippen molar-refractivity contribution < 1.29 is 0 Å². The second-order valence-corrected chi connectivity index (χ2v) is 10.8. The lowest BCUT2D eigenvalue weighted by atomic mass is 9.92. The van der Waals surface area contributed by atoms with E-state index in [0.29, 0.717) is 33.9 Å². The van der Waals surface area contributed by atoms with Gasteiger partial charge >= 0.3 is 0 Å². The van der Waals surface area contributed by atoms with Crippen LogP contribution in [-0.4, -0.2) is 39.5 Å². The third kappa shape index (κ3) is 4.55. The zero-order valence-corrected chi connectivity index (χ0v) is 22.7. The summed E-state index contributed by atoms with van der Waals surface area (Å²) in [6.07, 6.45) is 2.21. The highest BCUT2D eigenvalue weighted by atomic mass is 35.5. The van der Waals surface area contributed by atoms with Gasteiger partial charge in [-0.3, -0.25) is 9.36 Å². The Balaban J connectivity index is 1.28. The number of anilines is 1. The van der Waals surface area contributed by atoms with Crippen molar-refractivity contribution in [2.75, 3.05) is 18.4 Å². The minimum atomic E-state index is -0.0813. The summed E-state index contributed by atoms with van der Waals surface area (Å²) in [7, 11) is 0. The maximum atomic E-state index is 13.2. The van der Waals surface area contributed by atoms with Crippen LogP contribution in [0, 0.1) is 6.92 Å². The maximum absolute atomic E-state index is 13.2. The maximum Gasteiger partial charge on any atom is 0.261 e. The standard InChI is InChI=1S/C29H28Cl2N6O/c1-17-4-3-5-23-26(17)35-29(37-13-11-32-18(2)27(23)37)34-21-8-9-22-25(15-21)33-16-36(28(22)38)12-10-19-6-7-20(30)14-24(19)31/h3-9,14-16,18,27,32H,10-13H2,1-2H3,(H,34,35)/t18-,27?/m0/s1. The molecule has 0 radical (unpaired) electrons. The van der Waals surface area contributed by atoms with E-state index in [0.717, 1.165) is 41.6 Å². The Bertz CT molecular complexity index is 1630. The van der Waals surface area contributed by atoms with Gasteiger partial charge in [-0.05, 0) is 61.7 Å². The van der Waals surface area contributed by atoms with Crippen molar-refractivity contribution in [2.45, 2.75) is 38.9 Å². The fourth-order valence-electron chi connectivity index (χ4n) is 5.44. The lowest BCUT2D eigenvalue weighted by Gasteiger charge is -2.45. The topological polar surface area (TPSA) is 74.5 Å². The number of aryl methyl sites for hydroxylation is 3. The molecule has 194 valence electrons. The van der Waals surface area contributed by atoms with Gasteiger partial charge in [-0.1, -0.05) is 47.5 Å². The fourth-order valence-corrected chi connectivity index (χ4v) is 5.94. The van der Waals surface area contributed by atoms with Gasteiger partial charge in [0.2, 0.25) is 5.96 Å². The van der Waals surface area contributed by atoms with Crippen LogP contribution in [0.15, 0.2) is 70.7 Å². The molecule has 0 bridgehead atoms. The van der Waals surface area contributed by atoms with Crippen LogP contribution in [0.25, 0.3) is 10.9 Å². The van der Waals surface area contributed by atoms with Crippen LogP contribution in [0.2, 0.25) is 10.0 Å². The first-order valence-corrected chi connectivity index (χ1v) is 13.5. The van der Waals surface area contributed by atoms with Crippen LogP contribution in [0.5, 0.6) is 0 Å². The lowest BCUT2D eigenvalue weighted by molar-refractivity contribution is 0.205. The summed E-state index contributed by atoms with van der Waals surface area (Å²) in [5.41, 5.74) is 5.76. The summed E-state index contributed by atoms with van der Waals surface area (Å²) in [4.78, 5) is 25.2. The average Bonchev–Trinajstić information content (AvgIpc) is 2.90. The van der Waals surface area contributed by atoms with Crippen molar-refractivity contribution in [3.8, 4) is 0 Å². The van der Waals surface area contributed by atoms with E-state index >= 15 is 0 Å². The molecule has 6 rings (SSSR count). The number of hydrogen-bond acceptors (Lipinski definition) is 6. The van der Waals surface area contributed by atoms with E-state index in [-0.39, 0.29) is 17.6 Å². The molecule has 2 N–H and O–H groups in total. The van der Waals surface area contributed by atoms with E-state index in [1.54, 1.807) is 23.0 Å². The smallest absolute Gasteiger partial charge is 0.261 e. The van der Waals surface area contributed by atoms with Gasteiger partial charge in [-0.25, -0.2) is 9.98 Å². The van der Waals surface area contributed by atoms with Gasteiger partial charge < -0.3 is 15.5 Å². The highest BCUT2D eigenvalue weighted by Gasteiger charge is 2.36. The van der Waals surface area contributed by atoms with Crippen molar-refractivity contribution in [3.63, 3.8) is 0 Å². The second kappa shape index (κ2) is 10.1. The molecule has 0 aliphatic carbocycles. The molecule has 0 amide bonds. The Kier molecular flexibility index (Phi) is 6.60. The van der Waals surface area contributed by atoms with Gasteiger partial charge in [-0.15, -0.1) is 0 Å². The molecule has 2 aliphatic heterocycles. The highest BCUT2D eigenvalue weighted by molar-refractivity contribution is 6.35. The molecule has 2 aliphatic rings. The highest BCUT2D eigenvalue weighted by Crippen LogP contribution is 2.40. The van der Waals surface area contributed by atoms with Crippen LogP contribution in [0.4, 0.5) is 11.4 Å². The van der Waals surface area contributed by atoms with E-state index in [1.165, 1.54) is 5.56 Å². The van der Waals surface area contributed by atoms with Crippen molar-refractivity contribution in [1.82, 2.24) is 19.8 Å². The Morgan fingerprint density at radius 2 is 2.00 bits per heavy atom. The summed E-state index contributed by atoms with van der Waals surface area (Å²) >= 11 is 12.3. The first-order chi connectivity index (χ1) is 18.4. The molecule has 1 unspecified atom stereocenters. The van der Waals surface area contributed by atoms with Crippen molar-refractivity contribution >= 4 is 51.4 Å². The van der Waals surface area contributed by atoms with Gasteiger partial charge in [0.15, 0.2) is 0 Å². The van der Waals surface area contributed by atoms with E-state index < -0.39 is 0 Å². The summed E-state index contributed by atoms with van der Waals surface area (Å²) in [5, 5.41) is 8.89. The number of guanidine groups is 1. The summed E-state index contributed by atoms with van der Waals surface area (Å²) in [6.45, 7) is 6.53. The number of para-hydroxylation sites is 1. The molecular weight excluding hydrogens is 519 g/mol. The fraction of sp³-hybridized carbons (Fsp3) is 0.276. The zero-order valence-electron chi connectivity index (χ0n) is 21.2. The molecule has 2 atom stereocenters. The molecule has 1 fully saturated rings. The Morgan fingerprint density at radius 3 is 2.84 bits per heavy atom. The summed E-state index contributed by atoms with van der Waals surface area (Å²) in [6, 6.07) is 17.9. The zero-order chi connectivity index (χ0) is 26.4. The van der Waals surface area contributed by atoms with Crippen LogP contribution in [0.3, 0.4) is 0 Å². The first-order valence-electron chi connectivity index (χ1n) is 12.8. The number of rotatable bonds is 4.